The van der Waals surface area contributed by atoms with Crippen LogP contribution in [0.25, 0.3) is 10.9 Å². The summed E-state index contributed by atoms with van der Waals surface area (Å²) in [6, 6.07) is 5.57. The van der Waals surface area contributed by atoms with Crippen molar-refractivity contribution in [2.45, 2.75) is 6.54 Å². The lowest BCUT2D eigenvalue weighted by atomic mass is 10.2. The summed E-state index contributed by atoms with van der Waals surface area (Å²) in [7, 11) is 0. The second-order valence-electron chi connectivity index (χ2n) is 5.01. The molecule has 0 spiro atoms. The van der Waals surface area contributed by atoms with Crippen molar-refractivity contribution in [3.8, 4) is 5.75 Å². The number of fused-ring (bicyclic) bond motifs is 1. The molecular formula is C16H14BrClN4O2. The maximum Gasteiger partial charge on any atom is 0.262 e. The Bertz CT molecular complexity index is 902. The molecule has 124 valence electrons. The van der Waals surface area contributed by atoms with Gasteiger partial charge in [0.2, 0.25) is 0 Å². The number of hydrogen-bond acceptors (Lipinski definition) is 5. The molecule has 8 heteroatoms. The molecule has 0 saturated carbocycles. The Balaban J connectivity index is 1.69. The fourth-order valence-corrected chi connectivity index (χ4v) is 2.84. The average molecular weight is 410 g/mol. The summed E-state index contributed by atoms with van der Waals surface area (Å²) in [5.41, 5.74) is 1.32. The highest BCUT2D eigenvalue weighted by molar-refractivity contribution is 9.10. The minimum atomic E-state index is -0.285. The molecular weight excluding hydrogens is 396 g/mol. The molecule has 3 rings (SSSR count). The van der Waals surface area contributed by atoms with Crippen LogP contribution in [0.1, 0.15) is 5.56 Å². The highest BCUT2D eigenvalue weighted by atomic mass is 79.9. The van der Waals surface area contributed by atoms with Crippen LogP contribution < -0.4 is 15.6 Å². The van der Waals surface area contributed by atoms with E-state index in [0.29, 0.717) is 45.8 Å². The lowest BCUT2D eigenvalue weighted by Crippen LogP contribution is -2.21. The number of hydrogen-bond donors (Lipinski definition) is 2. The molecule has 0 bridgehead atoms. The fourth-order valence-electron chi connectivity index (χ4n) is 2.24. The molecule has 0 aliphatic rings. The summed E-state index contributed by atoms with van der Waals surface area (Å²) in [6.07, 6.45) is 4.89. The molecule has 6 nitrogen and oxygen atoms in total. The first-order valence-corrected chi connectivity index (χ1v) is 8.41. The SMILES string of the molecule is O=c1[nH]cnc2cc(Br)c(Cl)c(OCCNCc3cccnc3)c12. The molecule has 1 aromatic carbocycles. The maximum absolute atomic E-state index is 12.1. The van der Waals surface area contributed by atoms with E-state index in [1.54, 1.807) is 18.5 Å². The van der Waals surface area contributed by atoms with E-state index in [4.69, 9.17) is 16.3 Å². The lowest BCUT2D eigenvalue weighted by Gasteiger charge is -2.12. The van der Waals surface area contributed by atoms with Crippen molar-refractivity contribution in [1.29, 1.82) is 0 Å². The first-order valence-electron chi connectivity index (χ1n) is 7.24. The smallest absolute Gasteiger partial charge is 0.262 e. The molecule has 0 radical (unpaired) electrons. The zero-order valence-electron chi connectivity index (χ0n) is 12.6. The molecule has 24 heavy (non-hydrogen) atoms. The van der Waals surface area contributed by atoms with E-state index in [1.807, 2.05) is 12.1 Å². The number of rotatable bonds is 6. The van der Waals surface area contributed by atoms with Gasteiger partial charge in [-0.25, -0.2) is 4.98 Å². The van der Waals surface area contributed by atoms with Gasteiger partial charge in [0.05, 0.1) is 16.9 Å². The van der Waals surface area contributed by atoms with E-state index in [1.165, 1.54) is 6.33 Å². The number of aromatic nitrogens is 3. The lowest BCUT2D eigenvalue weighted by molar-refractivity contribution is 0.317. The van der Waals surface area contributed by atoms with Gasteiger partial charge in [-0.15, -0.1) is 0 Å². The van der Waals surface area contributed by atoms with Gasteiger partial charge in [-0.1, -0.05) is 17.7 Å². The van der Waals surface area contributed by atoms with Crippen LogP contribution in [0.3, 0.4) is 0 Å². The van der Waals surface area contributed by atoms with E-state index in [-0.39, 0.29) is 5.56 Å². The second-order valence-corrected chi connectivity index (χ2v) is 6.25. The number of pyridine rings is 1. The molecule has 0 aliphatic heterocycles. The van der Waals surface area contributed by atoms with Crippen LogP contribution in [0.5, 0.6) is 5.75 Å². The average Bonchev–Trinajstić information content (AvgIpc) is 2.59. The first kappa shape index (κ1) is 16.9. The first-order chi connectivity index (χ1) is 11.7. The molecule has 0 aliphatic carbocycles. The number of nitrogens with one attached hydrogen (secondary N) is 2. The molecule has 2 aromatic heterocycles. The Hall–Kier alpha value is -1.96. The predicted octanol–water partition coefficient (Wildman–Crippen LogP) is 2.90. The standard InChI is InChI=1S/C16H14BrClN4O2/c17-11-6-12-13(16(23)22-9-21-12)15(14(11)18)24-5-4-20-8-10-2-1-3-19-7-10/h1-3,6-7,9,20H,4-5,8H2,(H,21,22,23). The number of ether oxygens (including phenoxy) is 1. The van der Waals surface area contributed by atoms with E-state index >= 15 is 0 Å². The van der Waals surface area contributed by atoms with Crippen molar-refractivity contribution in [3.05, 3.63) is 62.3 Å². The number of aromatic amines is 1. The highest BCUT2D eigenvalue weighted by Crippen LogP contribution is 2.37. The van der Waals surface area contributed by atoms with Gasteiger partial charge in [-0.3, -0.25) is 9.78 Å². The van der Waals surface area contributed by atoms with Gasteiger partial charge in [0.15, 0.2) is 5.75 Å². The van der Waals surface area contributed by atoms with Crippen LogP contribution in [0.4, 0.5) is 0 Å². The Morgan fingerprint density at radius 1 is 1.42 bits per heavy atom. The van der Waals surface area contributed by atoms with Crippen molar-refractivity contribution in [2.75, 3.05) is 13.2 Å². The van der Waals surface area contributed by atoms with Crippen LogP contribution in [0.2, 0.25) is 5.02 Å². The van der Waals surface area contributed by atoms with Gasteiger partial charge in [0, 0.05) is 30.0 Å². The normalized spacial score (nSPS) is 10.9. The summed E-state index contributed by atoms with van der Waals surface area (Å²) in [5.74, 6) is 0.332. The third kappa shape index (κ3) is 3.75. The van der Waals surface area contributed by atoms with Crippen molar-refractivity contribution in [2.24, 2.45) is 0 Å². The van der Waals surface area contributed by atoms with E-state index in [9.17, 15) is 4.79 Å². The summed E-state index contributed by atoms with van der Waals surface area (Å²) >= 11 is 9.63. The molecule has 0 saturated heterocycles. The number of halogens is 2. The second kappa shape index (κ2) is 7.74. The minimum Gasteiger partial charge on any atom is -0.490 e. The molecule has 0 fully saturated rings. The minimum absolute atomic E-state index is 0.285. The van der Waals surface area contributed by atoms with Gasteiger partial charge in [0.1, 0.15) is 12.0 Å². The monoisotopic (exact) mass is 408 g/mol. The van der Waals surface area contributed by atoms with Crippen LogP contribution in [-0.4, -0.2) is 28.1 Å². The third-order valence-electron chi connectivity index (χ3n) is 3.36. The molecule has 2 N–H and O–H groups in total. The highest BCUT2D eigenvalue weighted by Gasteiger charge is 2.15. The summed E-state index contributed by atoms with van der Waals surface area (Å²) in [4.78, 5) is 22.8. The van der Waals surface area contributed by atoms with Crippen LogP contribution in [-0.2, 0) is 6.54 Å². The summed E-state index contributed by atoms with van der Waals surface area (Å²) < 4.78 is 6.38. The van der Waals surface area contributed by atoms with Crippen LogP contribution >= 0.6 is 27.5 Å². The maximum atomic E-state index is 12.1. The predicted molar refractivity (Wildman–Crippen MR) is 96.5 cm³/mol. The Morgan fingerprint density at radius 3 is 3.08 bits per heavy atom. The van der Waals surface area contributed by atoms with E-state index in [0.717, 1.165) is 5.56 Å². The Kier molecular flexibility index (Phi) is 5.44. The molecule has 0 unspecified atom stereocenters. The third-order valence-corrected chi connectivity index (χ3v) is 4.59. The molecule has 2 heterocycles. The van der Waals surface area contributed by atoms with Crippen LogP contribution in [0.15, 0.2) is 46.2 Å². The molecule has 0 atom stereocenters. The molecule has 3 aromatic rings. The van der Waals surface area contributed by atoms with Gasteiger partial charge >= 0.3 is 0 Å². The topological polar surface area (TPSA) is 79.9 Å². The Labute approximate surface area is 151 Å². The van der Waals surface area contributed by atoms with Gasteiger partial charge in [-0.2, -0.15) is 0 Å². The van der Waals surface area contributed by atoms with Crippen molar-refractivity contribution >= 4 is 38.4 Å². The quantitative estimate of drug-likeness (QED) is 0.612. The largest absolute Gasteiger partial charge is 0.490 e. The Morgan fingerprint density at radius 2 is 2.29 bits per heavy atom. The van der Waals surface area contributed by atoms with Crippen molar-refractivity contribution in [1.82, 2.24) is 20.3 Å². The van der Waals surface area contributed by atoms with Crippen molar-refractivity contribution in [3.63, 3.8) is 0 Å². The van der Waals surface area contributed by atoms with E-state index in [2.05, 4.69) is 36.2 Å². The number of benzene rings is 1. The van der Waals surface area contributed by atoms with Crippen LogP contribution in [0, 0.1) is 0 Å². The van der Waals surface area contributed by atoms with Gasteiger partial charge in [0.25, 0.3) is 5.56 Å². The van der Waals surface area contributed by atoms with E-state index < -0.39 is 0 Å². The van der Waals surface area contributed by atoms with Gasteiger partial charge < -0.3 is 15.0 Å². The van der Waals surface area contributed by atoms with Crippen molar-refractivity contribution < 1.29 is 4.74 Å². The fraction of sp³-hybridized carbons (Fsp3) is 0.188. The van der Waals surface area contributed by atoms with Gasteiger partial charge in [-0.05, 0) is 33.6 Å². The zero-order chi connectivity index (χ0) is 16.9. The summed E-state index contributed by atoms with van der Waals surface area (Å²) in [6.45, 7) is 1.64. The molecule has 0 amide bonds. The number of nitrogens with zero attached hydrogens (tertiary/aromatic N) is 2. The summed E-state index contributed by atoms with van der Waals surface area (Å²) in [5, 5.41) is 3.95. The zero-order valence-corrected chi connectivity index (χ0v) is 14.9. The number of H-pyrrole nitrogens is 1.